The highest BCUT2D eigenvalue weighted by Gasteiger charge is 2.22. The van der Waals surface area contributed by atoms with Crippen LogP contribution in [0.4, 0.5) is 0 Å². The molecule has 80 valence electrons. The summed E-state index contributed by atoms with van der Waals surface area (Å²) < 4.78 is 0. The molecule has 3 nitrogen and oxygen atoms in total. The lowest BCUT2D eigenvalue weighted by atomic mass is 10.1. The number of carbonyl (C=O) groups excluding carboxylic acids is 1. The molecule has 2 fully saturated rings. The lowest BCUT2D eigenvalue weighted by Crippen LogP contribution is -2.35. The van der Waals surface area contributed by atoms with E-state index >= 15 is 0 Å². The first-order valence-electron chi connectivity index (χ1n) is 5.87. The van der Waals surface area contributed by atoms with Crippen LogP contribution in [0.2, 0.25) is 0 Å². The van der Waals surface area contributed by atoms with Crippen molar-refractivity contribution in [2.75, 3.05) is 13.1 Å². The molecule has 0 aliphatic heterocycles. The second-order valence-corrected chi connectivity index (χ2v) is 4.50. The van der Waals surface area contributed by atoms with Crippen LogP contribution in [0.3, 0.4) is 0 Å². The number of carbonyl (C=O) groups is 1. The first kappa shape index (κ1) is 9.97. The van der Waals surface area contributed by atoms with Crippen LogP contribution in [0.5, 0.6) is 0 Å². The van der Waals surface area contributed by atoms with E-state index in [2.05, 4.69) is 10.6 Å². The average Bonchev–Trinajstić information content (AvgIpc) is 2.84. The van der Waals surface area contributed by atoms with Gasteiger partial charge in [-0.15, -0.1) is 0 Å². The fraction of sp³-hybridized carbons (Fsp3) is 0.909. The molecule has 0 spiro atoms. The van der Waals surface area contributed by atoms with Gasteiger partial charge in [0.15, 0.2) is 0 Å². The first-order chi connectivity index (χ1) is 6.86. The standard InChI is InChI=1S/C11H20N2O/c14-11(9-3-1-2-4-9)13-8-7-12-10-5-6-10/h9-10,12H,1-8H2,(H,13,14). The number of nitrogens with one attached hydrogen (secondary N) is 2. The fourth-order valence-corrected chi connectivity index (χ4v) is 2.08. The average molecular weight is 196 g/mol. The minimum absolute atomic E-state index is 0.278. The molecular weight excluding hydrogens is 176 g/mol. The Labute approximate surface area is 85.6 Å². The van der Waals surface area contributed by atoms with Gasteiger partial charge >= 0.3 is 0 Å². The van der Waals surface area contributed by atoms with Gasteiger partial charge in [-0.05, 0) is 25.7 Å². The van der Waals surface area contributed by atoms with Crippen LogP contribution in [0, 0.1) is 5.92 Å². The predicted octanol–water partition coefficient (Wildman–Crippen LogP) is 1.04. The molecule has 1 amide bonds. The Balaban J connectivity index is 1.52. The van der Waals surface area contributed by atoms with Gasteiger partial charge in [0.2, 0.25) is 5.91 Å². The number of amides is 1. The van der Waals surface area contributed by atoms with Gasteiger partial charge in [0.05, 0.1) is 0 Å². The highest BCUT2D eigenvalue weighted by atomic mass is 16.1. The molecule has 2 saturated carbocycles. The topological polar surface area (TPSA) is 41.1 Å². The van der Waals surface area contributed by atoms with E-state index in [4.69, 9.17) is 0 Å². The largest absolute Gasteiger partial charge is 0.355 e. The van der Waals surface area contributed by atoms with Crippen LogP contribution in [-0.2, 0) is 4.79 Å². The highest BCUT2D eigenvalue weighted by molar-refractivity contribution is 5.78. The summed E-state index contributed by atoms with van der Waals surface area (Å²) in [4.78, 5) is 11.6. The number of hydrogen-bond donors (Lipinski definition) is 2. The lowest BCUT2D eigenvalue weighted by molar-refractivity contribution is -0.124. The lowest BCUT2D eigenvalue weighted by Gasteiger charge is -2.10. The van der Waals surface area contributed by atoms with Crippen LogP contribution >= 0.6 is 0 Å². The van der Waals surface area contributed by atoms with Gasteiger partial charge < -0.3 is 10.6 Å². The van der Waals surface area contributed by atoms with Crippen molar-refractivity contribution in [1.29, 1.82) is 0 Å². The molecule has 14 heavy (non-hydrogen) atoms. The van der Waals surface area contributed by atoms with Gasteiger partial charge in [0.1, 0.15) is 0 Å². The maximum Gasteiger partial charge on any atom is 0.223 e. The van der Waals surface area contributed by atoms with Crippen LogP contribution in [0.15, 0.2) is 0 Å². The van der Waals surface area contributed by atoms with Crippen molar-refractivity contribution >= 4 is 5.91 Å². The van der Waals surface area contributed by atoms with E-state index in [9.17, 15) is 4.79 Å². The Morgan fingerprint density at radius 2 is 1.79 bits per heavy atom. The maximum absolute atomic E-state index is 11.6. The van der Waals surface area contributed by atoms with Gasteiger partial charge in [0, 0.05) is 25.0 Å². The van der Waals surface area contributed by atoms with Crippen LogP contribution in [0.25, 0.3) is 0 Å². The summed E-state index contributed by atoms with van der Waals surface area (Å²) in [5, 5.41) is 6.39. The molecule has 2 N–H and O–H groups in total. The predicted molar refractivity (Wildman–Crippen MR) is 56.0 cm³/mol. The van der Waals surface area contributed by atoms with E-state index in [0.717, 1.165) is 32.0 Å². The van der Waals surface area contributed by atoms with E-state index < -0.39 is 0 Å². The number of hydrogen-bond acceptors (Lipinski definition) is 2. The SMILES string of the molecule is O=C(NCCNC1CC1)C1CCCC1. The molecule has 0 bridgehead atoms. The molecule has 0 aromatic rings. The Hall–Kier alpha value is -0.570. The van der Waals surface area contributed by atoms with E-state index in [1.54, 1.807) is 0 Å². The Morgan fingerprint density at radius 1 is 1.07 bits per heavy atom. The second-order valence-electron chi connectivity index (χ2n) is 4.50. The third kappa shape index (κ3) is 2.98. The molecule has 0 aromatic heterocycles. The van der Waals surface area contributed by atoms with Crippen LogP contribution in [-0.4, -0.2) is 25.0 Å². The molecule has 2 aliphatic rings. The summed E-state index contributed by atoms with van der Waals surface area (Å²) in [5.41, 5.74) is 0. The zero-order valence-electron chi connectivity index (χ0n) is 8.72. The van der Waals surface area contributed by atoms with Gasteiger partial charge in [-0.1, -0.05) is 12.8 Å². The van der Waals surface area contributed by atoms with Gasteiger partial charge in [-0.2, -0.15) is 0 Å². The fourth-order valence-electron chi connectivity index (χ4n) is 2.08. The second kappa shape index (κ2) is 4.78. The summed E-state index contributed by atoms with van der Waals surface area (Å²) >= 11 is 0. The highest BCUT2D eigenvalue weighted by Crippen LogP contribution is 2.24. The van der Waals surface area contributed by atoms with Crippen LogP contribution in [0.1, 0.15) is 38.5 Å². The minimum atomic E-state index is 0.278. The molecule has 0 saturated heterocycles. The Kier molecular flexibility index (Phi) is 3.40. The van der Waals surface area contributed by atoms with Crippen molar-refractivity contribution in [2.24, 2.45) is 5.92 Å². The molecule has 2 rings (SSSR count). The summed E-state index contributed by atoms with van der Waals surface area (Å²) in [5.74, 6) is 0.594. The monoisotopic (exact) mass is 196 g/mol. The molecule has 0 heterocycles. The normalized spacial score (nSPS) is 22.6. The zero-order valence-corrected chi connectivity index (χ0v) is 8.72. The molecule has 0 radical (unpaired) electrons. The molecular formula is C11H20N2O. The first-order valence-corrected chi connectivity index (χ1v) is 5.87. The molecule has 0 aromatic carbocycles. The van der Waals surface area contributed by atoms with Gasteiger partial charge in [0.25, 0.3) is 0 Å². The van der Waals surface area contributed by atoms with E-state index in [0.29, 0.717) is 5.92 Å². The quantitative estimate of drug-likeness (QED) is 0.645. The van der Waals surface area contributed by atoms with E-state index in [-0.39, 0.29) is 5.91 Å². The van der Waals surface area contributed by atoms with Gasteiger partial charge in [-0.3, -0.25) is 4.79 Å². The van der Waals surface area contributed by atoms with E-state index in [1.165, 1.54) is 25.7 Å². The van der Waals surface area contributed by atoms with Crippen molar-refractivity contribution in [3.63, 3.8) is 0 Å². The van der Waals surface area contributed by atoms with Crippen molar-refractivity contribution in [2.45, 2.75) is 44.6 Å². The Morgan fingerprint density at radius 3 is 2.43 bits per heavy atom. The summed E-state index contributed by atoms with van der Waals surface area (Å²) in [6.45, 7) is 1.73. The van der Waals surface area contributed by atoms with Crippen LogP contribution < -0.4 is 10.6 Å². The third-order valence-electron chi connectivity index (χ3n) is 3.16. The third-order valence-corrected chi connectivity index (χ3v) is 3.16. The molecule has 0 unspecified atom stereocenters. The van der Waals surface area contributed by atoms with E-state index in [1.807, 2.05) is 0 Å². The Bertz CT molecular complexity index is 195. The summed E-state index contributed by atoms with van der Waals surface area (Å²) in [6.07, 6.45) is 7.30. The van der Waals surface area contributed by atoms with Gasteiger partial charge in [-0.25, -0.2) is 0 Å². The smallest absolute Gasteiger partial charge is 0.223 e. The number of rotatable bonds is 5. The summed E-state index contributed by atoms with van der Waals surface area (Å²) in [7, 11) is 0. The van der Waals surface area contributed by atoms with Crippen molar-refractivity contribution in [1.82, 2.24) is 10.6 Å². The van der Waals surface area contributed by atoms with Crippen molar-refractivity contribution < 1.29 is 4.79 Å². The summed E-state index contributed by atoms with van der Waals surface area (Å²) in [6, 6.07) is 0.749. The molecule has 2 aliphatic carbocycles. The molecule has 0 atom stereocenters. The van der Waals surface area contributed by atoms with Crippen molar-refractivity contribution in [3.05, 3.63) is 0 Å². The minimum Gasteiger partial charge on any atom is -0.355 e. The zero-order chi connectivity index (χ0) is 9.80. The maximum atomic E-state index is 11.6. The molecule has 3 heteroatoms. The van der Waals surface area contributed by atoms with Crippen molar-refractivity contribution in [3.8, 4) is 0 Å².